The number of rotatable bonds is 2. The van der Waals surface area contributed by atoms with E-state index < -0.39 is 0 Å². The summed E-state index contributed by atoms with van der Waals surface area (Å²) >= 11 is 0. The van der Waals surface area contributed by atoms with Crippen molar-refractivity contribution in [3.63, 3.8) is 0 Å². The van der Waals surface area contributed by atoms with Crippen LogP contribution in [-0.2, 0) is 0 Å². The molecule has 0 aliphatic heterocycles. The van der Waals surface area contributed by atoms with Crippen LogP contribution in [0.1, 0.15) is 45.6 Å². The van der Waals surface area contributed by atoms with Gasteiger partial charge in [-0.3, -0.25) is 0 Å². The summed E-state index contributed by atoms with van der Waals surface area (Å²) in [5, 5.41) is 0. The molecule has 18 heavy (non-hydrogen) atoms. The molecule has 2 N–H and O–H groups in total. The van der Waals surface area contributed by atoms with Gasteiger partial charge in [-0.1, -0.05) is 20.8 Å². The van der Waals surface area contributed by atoms with E-state index in [9.17, 15) is 0 Å². The number of pyridine rings is 1. The van der Waals surface area contributed by atoms with Gasteiger partial charge < -0.3 is 10.5 Å². The van der Waals surface area contributed by atoms with Crippen molar-refractivity contribution in [3.05, 3.63) is 17.8 Å². The van der Waals surface area contributed by atoms with Gasteiger partial charge in [0.1, 0.15) is 6.10 Å². The molecule has 1 saturated carbocycles. The summed E-state index contributed by atoms with van der Waals surface area (Å²) in [7, 11) is 0. The highest BCUT2D eigenvalue weighted by molar-refractivity contribution is 5.53. The molecule has 1 aliphatic rings. The number of aromatic nitrogens is 1. The fourth-order valence-electron chi connectivity index (χ4n) is 3.14. The van der Waals surface area contributed by atoms with Crippen LogP contribution in [0.25, 0.3) is 0 Å². The molecule has 0 bridgehead atoms. The Balaban J connectivity index is 2.11. The van der Waals surface area contributed by atoms with E-state index in [1.165, 1.54) is 6.42 Å². The topological polar surface area (TPSA) is 48.1 Å². The number of hydrogen-bond donors (Lipinski definition) is 1. The molecule has 1 fully saturated rings. The Morgan fingerprint density at radius 1 is 1.39 bits per heavy atom. The first-order valence-electron chi connectivity index (χ1n) is 6.75. The van der Waals surface area contributed by atoms with Crippen LogP contribution in [0.3, 0.4) is 0 Å². The quantitative estimate of drug-likeness (QED) is 0.870. The molecule has 1 aromatic rings. The molecule has 1 aromatic heterocycles. The molecule has 0 saturated heterocycles. The number of aryl methyl sites for hydroxylation is 1. The van der Waals surface area contributed by atoms with E-state index in [1.54, 1.807) is 6.20 Å². The summed E-state index contributed by atoms with van der Waals surface area (Å²) in [6.07, 6.45) is 5.44. The number of nitrogen functional groups attached to an aromatic ring is 1. The minimum atomic E-state index is 0.236. The fourth-order valence-corrected chi connectivity index (χ4v) is 3.14. The molecule has 2 atom stereocenters. The van der Waals surface area contributed by atoms with Crippen LogP contribution in [0.15, 0.2) is 12.3 Å². The lowest BCUT2D eigenvalue weighted by Gasteiger charge is -2.38. The summed E-state index contributed by atoms with van der Waals surface area (Å²) < 4.78 is 6.04. The number of nitrogens with zero attached hydrogens (tertiary/aromatic N) is 1. The summed E-state index contributed by atoms with van der Waals surface area (Å²) in [5.41, 5.74) is 8.07. The van der Waals surface area contributed by atoms with E-state index in [1.807, 2.05) is 13.0 Å². The molecule has 100 valence electrons. The van der Waals surface area contributed by atoms with Crippen LogP contribution < -0.4 is 10.5 Å². The highest BCUT2D eigenvalue weighted by Crippen LogP contribution is 2.40. The minimum absolute atomic E-state index is 0.236. The SMILES string of the molecule is Cc1ccnc(OC2CC(C)CC(C)(C)C2)c1N. The van der Waals surface area contributed by atoms with Crippen molar-refractivity contribution in [1.82, 2.24) is 4.98 Å². The second kappa shape index (κ2) is 4.79. The maximum atomic E-state index is 6.04. The molecule has 0 spiro atoms. The van der Waals surface area contributed by atoms with Gasteiger partial charge in [-0.05, 0) is 49.1 Å². The van der Waals surface area contributed by atoms with Crippen molar-refractivity contribution in [2.75, 3.05) is 5.73 Å². The summed E-state index contributed by atoms with van der Waals surface area (Å²) in [6.45, 7) is 8.90. The molecule has 0 amide bonds. The normalized spacial score (nSPS) is 26.9. The van der Waals surface area contributed by atoms with Crippen LogP contribution >= 0.6 is 0 Å². The number of anilines is 1. The van der Waals surface area contributed by atoms with E-state index in [-0.39, 0.29) is 6.10 Å². The Bertz CT molecular complexity index is 429. The predicted molar refractivity (Wildman–Crippen MR) is 74.6 cm³/mol. The lowest BCUT2D eigenvalue weighted by molar-refractivity contribution is 0.0537. The van der Waals surface area contributed by atoms with Crippen LogP contribution in [0, 0.1) is 18.3 Å². The third kappa shape index (κ3) is 2.95. The van der Waals surface area contributed by atoms with Crippen molar-refractivity contribution in [2.45, 2.75) is 53.1 Å². The molecule has 3 heteroatoms. The second-order valence-corrected chi connectivity index (χ2v) is 6.50. The van der Waals surface area contributed by atoms with E-state index in [0.717, 1.165) is 18.4 Å². The highest BCUT2D eigenvalue weighted by Gasteiger charge is 2.33. The van der Waals surface area contributed by atoms with Crippen LogP contribution in [0.2, 0.25) is 0 Å². The molecule has 1 aliphatic carbocycles. The minimum Gasteiger partial charge on any atom is -0.473 e. The second-order valence-electron chi connectivity index (χ2n) is 6.50. The van der Waals surface area contributed by atoms with E-state index in [0.29, 0.717) is 22.9 Å². The van der Waals surface area contributed by atoms with Gasteiger partial charge >= 0.3 is 0 Å². The smallest absolute Gasteiger partial charge is 0.237 e. The van der Waals surface area contributed by atoms with Crippen molar-refractivity contribution >= 4 is 5.69 Å². The Morgan fingerprint density at radius 2 is 2.11 bits per heavy atom. The van der Waals surface area contributed by atoms with Crippen LogP contribution in [-0.4, -0.2) is 11.1 Å². The first-order valence-corrected chi connectivity index (χ1v) is 6.75. The zero-order chi connectivity index (χ0) is 13.3. The molecule has 2 unspecified atom stereocenters. The van der Waals surface area contributed by atoms with Gasteiger partial charge in [0.2, 0.25) is 5.88 Å². The van der Waals surface area contributed by atoms with Crippen molar-refractivity contribution in [3.8, 4) is 5.88 Å². The third-order valence-electron chi connectivity index (χ3n) is 3.80. The Labute approximate surface area is 110 Å². The summed E-state index contributed by atoms with van der Waals surface area (Å²) in [4.78, 5) is 4.26. The van der Waals surface area contributed by atoms with Crippen molar-refractivity contribution in [1.29, 1.82) is 0 Å². The molecule has 0 radical (unpaired) electrons. The monoisotopic (exact) mass is 248 g/mol. The molecular formula is C15H24N2O. The van der Waals surface area contributed by atoms with Gasteiger partial charge in [-0.25, -0.2) is 4.98 Å². The Kier molecular flexibility index (Phi) is 3.51. The predicted octanol–water partition coefficient (Wildman–Crippen LogP) is 3.57. The zero-order valence-electron chi connectivity index (χ0n) is 11.9. The third-order valence-corrected chi connectivity index (χ3v) is 3.80. The van der Waals surface area contributed by atoms with Crippen molar-refractivity contribution < 1.29 is 4.74 Å². The molecule has 0 aromatic carbocycles. The maximum absolute atomic E-state index is 6.04. The Morgan fingerprint density at radius 3 is 2.78 bits per heavy atom. The van der Waals surface area contributed by atoms with E-state index >= 15 is 0 Å². The Hall–Kier alpha value is -1.25. The van der Waals surface area contributed by atoms with Gasteiger partial charge in [-0.15, -0.1) is 0 Å². The average Bonchev–Trinajstić information content (AvgIpc) is 2.22. The van der Waals surface area contributed by atoms with Gasteiger partial charge in [0, 0.05) is 6.20 Å². The highest BCUT2D eigenvalue weighted by atomic mass is 16.5. The fraction of sp³-hybridized carbons (Fsp3) is 0.667. The van der Waals surface area contributed by atoms with Gasteiger partial charge in [0.25, 0.3) is 0 Å². The average molecular weight is 248 g/mol. The lowest BCUT2D eigenvalue weighted by atomic mass is 9.71. The molecular weight excluding hydrogens is 224 g/mol. The van der Waals surface area contributed by atoms with Crippen molar-refractivity contribution in [2.24, 2.45) is 11.3 Å². The zero-order valence-corrected chi connectivity index (χ0v) is 11.9. The van der Waals surface area contributed by atoms with Gasteiger partial charge in [0.15, 0.2) is 0 Å². The lowest BCUT2D eigenvalue weighted by Crippen LogP contribution is -2.34. The number of hydrogen-bond acceptors (Lipinski definition) is 3. The standard InChI is InChI=1S/C15H24N2O/c1-10-7-12(9-15(3,4)8-10)18-14-13(16)11(2)5-6-17-14/h5-6,10,12H,7-9,16H2,1-4H3. The summed E-state index contributed by atoms with van der Waals surface area (Å²) in [5.74, 6) is 1.30. The number of ether oxygens (including phenoxy) is 1. The van der Waals surface area contributed by atoms with Crippen LogP contribution in [0.4, 0.5) is 5.69 Å². The molecule has 1 heterocycles. The summed E-state index contributed by atoms with van der Waals surface area (Å²) in [6, 6.07) is 1.91. The molecule has 3 nitrogen and oxygen atoms in total. The van der Waals surface area contributed by atoms with E-state index in [2.05, 4.69) is 25.8 Å². The van der Waals surface area contributed by atoms with Gasteiger partial charge in [-0.2, -0.15) is 0 Å². The molecule has 2 rings (SSSR count). The van der Waals surface area contributed by atoms with Crippen LogP contribution in [0.5, 0.6) is 5.88 Å². The van der Waals surface area contributed by atoms with Gasteiger partial charge in [0.05, 0.1) is 5.69 Å². The van der Waals surface area contributed by atoms with E-state index in [4.69, 9.17) is 10.5 Å². The first kappa shape index (κ1) is 13.2. The number of nitrogens with two attached hydrogens (primary N) is 1. The first-order chi connectivity index (χ1) is 8.37. The maximum Gasteiger partial charge on any atom is 0.237 e. The largest absolute Gasteiger partial charge is 0.473 e.